The summed E-state index contributed by atoms with van der Waals surface area (Å²) in [7, 11) is 0. The third-order valence-electron chi connectivity index (χ3n) is 4.76. The number of nitrogens with one attached hydrogen (secondary N) is 2. The van der Waals surface area contributed by atoms with Crippen molar-refractivity contribution in [3.63, 3.8) is 0 Å². The third kappa shape index (κ3) is 2.86. The van der Waals surface area contributed by atoms with Gasteiger partial charge in [0.05, 0.1) is 11.1 Å². The maximum Gasteiger partial charge on any atom is 0.258 e. The Morgan fingerprint density at radius 3 is 2.50 bits per heavy atom. The Labute approximate surface area is 164 Å². The van der Waals surface area contributed by atoms with E-state index in [1.807, 2.05) is 41.8 Å². The molecule has 5 heteroatoms. The Hall–Kier alpha value is -3.44. The molecule has 28 heavy (non-hydrogen) atoms. The molecule has 0 aliphatic rings. The first kappa shape index (κ1) is 16.7. The molecule has 0 fully saturated rings. The number of halogens is 1. The minimum atomic E-state index is -0.299. The summed E-state index contributed by atoms with van der Waals surface area (Å²) in [4.78, 5) is 17.0. The summed E-state index contributed by atoms with van der Waals surface area (Å²) >= 11 is 1.65. The molecule has 0 bridgehead atoms. The van der Waals surface area contributed by atoms with E-state index in [1.165, 1.54) is 12.1 Å². The fourth-order valence-electron chi connectivity index (χ4n) is 3.48. The first-order valence-electron chi connectivity index (χ1n) is 8.84. The standard InChI is InChI=1S/C23H15FN2OS/c24-15-7-9-16(10-8-15)25-20-13-14(21-6-3-11-28-21)12-18-17-4-1-2-5-19(17)26-23(27)22(18)20/h1-13,25H,(H,26,27). The molecule has 0 saturated carbocycles. The highest BCUT2D eigenvalue weighted by atomic mass is 32.1. The Morgan fingerprint density at radius 1 is 0.893 bits per heavy atom. The average molecular weight is 386 g/mol. The molecular formula is C23H15FN2OS. The molecule has 3 aromatic carbocycles. The molecule has 0 saturated heterocycles. The number of benzene rings is 3. The van der Waals surface area contributed by atoms with E-state index >= 15 is 0 Å². The van der Waals surface area contributed by atoms with E-state index in [0.717, 1.165) is 32.4 Å². The Kier molecular flexibility index (Phi) is 3.95. The lowest BCUT2D eigenvalue weighted by atomic mass is 10.0. The molecule has 2 heterocycles. The molecule has 0 aliphatic heterocycles. The van der Waals surface area contributed by atoms with Gasteiger partial charge in [-0.05, 0) is 64.9 Å². The van der Waals surface area contributed by atoms with E-state index in [9.17, 15) is 9.18 Å². The van der Waals surface area contributed by atoms with Crippen LogP contribution in [0, 0.1) is 5.82 Å². The summed E-state index contributed by atoms with van der Waals surface area (Å²) in [5.74, 6) is -0.299. The minimum absolute atomic E-state index is 0.156. The van der Waals surface area contributed by atoms with Gasteiger partial charge in [-0.1, -0.05) is 24.3 Å². The molecule has 0 radical (unpaired) electrons. The first-order chi connectivity index (χ1) is 13.7. The van der Waals surface area contributed by atoms with Gasteiger partial charge in [-0.25, -0.2) is 4.39 Å². The van der Waals surface area contributed by atoms with Crippen LogP contribution in [0.4, 0.5) is 15.8 Å². The van der Waals surface area contributed by atoms with Crippen molar-refractivity contribution in [3.05, 3.63) is 94.3 Å². The van der Waals surface area contributed by atoms with Crippen molar-refractivity contribution in [1.29, 1.82) is 0 Å². The molecule has 3 nitrogen and oxygen atoms in total. The largest absolute Gasteiger partial charge is 0.355 e. The second-order valence-corrected chi connectivity index (χ2v) is 7.50. The number of H-pyrrole nitrogens is 1. The molecule has 2 aromatic heterocycles. The second kappa shape index (κ2) is 6.62. The van der Waals surface area contributed by atoms with Crippen LogP contribution in [-0.4, -0.2) is 4.98 Å². The molecule has 5 aromatic rings. The van der Waals surface area contributed by atoms with Crippen molar-refractivity contribution in [2.75, 3.05) is 5.32 Å². The molecule has 136 valence electrons. The summed E-state index contributed by atoms with van der Waals surface area (Å²) in [5, 5.41) is 7.78. The number of thiophene rings is 1. The zero-order valence-corrected chi connectivity index (χ0v) is 15.5. The van der Waals surface area contributed by atoms with Crippen molar-refractivity contribution >= 4 is 44.4 Å². The second-order valence-electron chi connectivity index (χ2n) is 6.56. The zero-order chi connectivity index (χ0) is 19.1. The van der Waals surface area contributed by atoms with E-state index in [-0.39, 0.29) is 11.4 Å². The predicted molar refractivity (Wildman–Crippen MR) is 115 cm³/mol. The van der Waals surface area contributed by atoms with Crippen molar-refractivity contribution in [2.24, 2.45) is 0 Å². The Bertz CT molecular complexity index is 1360. The molecule has 0 atom stereocenters. The third-order valence-corrected chi connectivity index (χ3v) is 5.68. The van der Waals surface area contributed by atoms with Gasteiger partial charge in [-0.3, -0.25) is 4.79 Å². The van der Waals surface area contributed by atoms with Crippen LogP contribution < -0.4 is 10.9 Å². The molecule has 0 spiro atoms. The van der Waals surface area contributed by atoms with E-state index in [1.54, 1.807) is 23.5 Å². The highest BCUT2D eigenvalue weighted by molar-refractivity contribution is 7.13. The van der Waals surface area contributed by atoms with E-state index in [2.05, 4.69) is 22.4 Å². The van der Waals surface area contributed by atoms with Crippen LogP contribution in [0.25, 0.3) is 32.1 Å². The number of pyridine rings is 1. The van der Waals surface area contributed by atoms with Crippen LogP contribution in [-0.2, 0) is 0 Å². The number of aromatic amines is 1. The van der Waals surface area contributed by atoms with Crippen molar-refractivity contribution in [1.82, 2.24) is 4.98 Å². The molecule has 2 N–H and O–H groups in total. The van der Waals surface area contributed by atoms with Gasteiger partial charge in [0, 0.05) is 21.5 Å². The molecular weight excluding hydrogens is 371 g/mol. The minimum Gasteiger partial charge on any atom is -0.355 e. The van der Waals surface area contributed by atoms with Gasteiger partial charge < -0.3 is 10.3 Å². The van der Waals surface area contributed by atoms with Crippen LogP contribution >= 0.6 is 11.3 Å². The first-order valence-corrected chi connectivity index (χ1v) is 9.72. The predicted octanol–water partition coefficient (Wildman–Crippen LogP) is 6.29. The fraction of sp³-hybridized carbons (Fsp3) is 0. The lowest BCUT2D eigenvalue weighted by molar-refractivity contribution is 0.628. The summed E-state index contributed by atoms with van der Waals surface area (Å²) in [6.07, 6.45) is 0. The Morgan fingerprint density at radius 2 is 1.71 bits per heavy atom. The summed E-state index contributed by atoms with van der Waals surface area (Å²) in [6.45, 7) is 0. The Balaban J connectivity index is 1.82. The van der Waals surface area contributed by atoms with Crippen molar-refractivity contribution in [3.8, 4) is 10.4 Å². The smallest absolute Gasteiger partial charge is 0.258 e. The zero-order valence-electron chi connectivity index (χ0n) is 14.7. The molecule has 0 aliphatic carbocycles. The van der Waals surface area contributed by atoms with Crippen LogP contribution in [0.15, 0.2) is 83.0 Å². The van der Waals surface area contributed by atoms with Crippen LogP contribution in [0.3, 0.4) is 0 Å². The highest BCUT2D eigenvalue weighted by Crippen LogP contribution is 2.35. The van der Waals surface area contributed by atoms with Crippen LogP contribution in [0.2, 0.25) is 0 Å². The lowest BCUT2D eigenvalue weighted by Gasteiger charge is -2.13. The normalized spacial score (nSPS) is 11.2. The summed E-state index contributed by atoms with van der Waals surface area (Å²) < 4.78 is 13.3. The maximum absolute atomic E-state index is 13.3. The van der Waals surface area contributed by atoms with Crippen LogP contribution in [0.5, 0.6) is 0 Å². The SMILES string of the molecule is O=c1[nH]c2ccccc2c2cc(-c3cccs3)cc(Nc3ccc(F)cc3)c12. The fourth-order valence-corrected chi connectivity index (χ4v) is 4.20. The number of hydrogen-bond acceptors (Lipinski definition) is 3. The van der Waals surface area contributed by atoms with Gasteiger partial charge in [-0.15, -0.1) is 11.3 Å². The van der Waals surface area contributed by atoms with Crippen LogP contribution in [0.1, 0.15) is 0 Å². The number of fused-ring (bicyclic) bond motifs is 3. The monoisotopic (exact) mass is 386 g/mol. The lowest BCUT2D eigenvalue weighted by Crippen LogP contribution is -2.09. The quantitative estimate of drug-likeness (QED) is 0.358. The maximum atomic E-state index is 13.3. The van der Waals surface area contributed by atoms with Gasteiger partial charge >= 0.3 is 0 Å². The van der Waals surface area contributed by atoms with E-state index < -0.39 is 0 Å². The van der Waals surface area contributed by atoms with Crippen molar-refractivity contribution in [2.45, 2.75) is 0 Å². The summed E-state index contributed by atoms with van der Waals surface area (Å²) in [6, 6.07) is 22.0. The number of aromatic nitrogens is 1. The van der Waals surface area contributed by atoms with Gasteiger partial charge in [0.2, 0.25) is 0 Å². The van der Waals surface area contributed by atoms with Gasteiger partial charge in [-0.2, -0.15) is 0 Å². The van der Waals surface area contributed by atoms with E-state index in [4.69, 9.17) is 0 Å². The highest BCUT2D eigenvalue weighted by Gasteiger charge is 2.13. The van der Waals surface area contributed by atoms with Gasteiger partial charge in [0.1, 0.15) is 5.82 Å². The topological polar surface area (TPSA) is 44.9 Å². The molecule has 0 unspecified atom stereocenters. The van der Waals surface area contributed by atoms with Gasteiger partial charge in [0.25, 0.3) is 5.56 Å². The summed E-state index contributed by atoms with van der Waals surface area (Å²) in [5.41, 5.74) is 3.09. The average Bonchev–Trinajstić information content (AvgIpc) is 3.24. The van der Waals surface area contributed by atoms with Crippen molar-refractivity contribution < 1.29 is 4.39 Å². The number of hydrogen-bond donors (Lipinski definition) is 2. The molecule has 5 rings (SSSR count). The number of anilines is 2. The number of para-hydroxylation sites is 1. The van der Waals surface area contributed by atoms with E-state index in [0.29, 0.717) is 11.1 Å². The molecule has 0 amide bonds. The number of rotatable bonds is 3. The van der Waals surface area contributed by atoms with Gasteiger partial charge in [0.15, 0.2) is 0 Å².